The van der Waals surface area contributed by atoms with Gasteiger partial charge >= 0.3 is 5.97 Å². The van der Waals surface area contributed by atoms with E-state index in [9.17, 15) is 9.90 Å². The number of carboxylic acid groups (broad SMARTS) is 1. The highest BCUT2D eigenvalue weighted by atomic mass is 16.5. The van der Waals surface area contributed by atoms with Crippen molar-refractivity contribution in [3.8, 4) is 11.5 Å². The van der Waals surface area contributed by atoms with Crippen molar-refractivity contribution in [2.45, 2.75) is 40.0 Å². The van der Waals surface area contributed by atoms with Crippen molar-refractivity contribution < 1.29 is 19.4 Å². The molecule has 26 heavy (non-hydrogen) atoms. The summed E-state index contributed by atoms with van der Waals surface area (Å²) in [5.74, 6) is 0.458. The minimum Gasteiger partial charge on any atom is -0.493 e. The predicted octanol–water partition coefficient (Wildman–Crippen LogP) is 3.78. The van der Waals surface area contributed by atoms with E-state index in [2.05, 4.69) is 24.4 Å². The molecule has 0 saturated heterocycles. The number of aryl methyl sites for hydroxylation is 1. The Kier molecular flexibility index (Phi) is 7.04. The molecule has 2 aromatic rings. The molecule has 0 bridgehead atoms. The third-order valence-electron chi connectivity index (χ3n) is 4.20. The molecule has 140 valence electrons. The molecule has 2 N–H and O–H groups in total. The first kappa shape index (κ1) is 19.8. The molecule has 5 nitrogen and oxygen atoms in total. The number of hydrogen-bond acceptors (Lipinski definition) is 4. The molecule has 1 atom stereocenters. The van der Waals surface area contributed by atoms with E-state index in [0.717, 1.165) is 11.1 Å². The normalized spacial score (nSPS) is 12.0. The molecule has 0 aliphatic carbocycles. The van der Waals surface area contributed by atoms with Crippen molar-refractivity contribution >= 4 is 5.97 Å². The Bertz CT molecular complexity index is 725. The fourth-order valence-corrected chi connectivity index (χ4v) is 2.62. The van der Waals surface area contributed by atoms with Gasteiger partial charge in [-0.25, -0.2) is 0 Å². The summed E-state index contributed by atoms with van der Waals surface area (Å²) in [6, 6.07) is 13.2. The topological polar surface area (TPSA) is 67.8 Å². The molecule has 0 fully saturated rings. The van der Waals surface area contributed by atoms with Gasteiger partial charge in [-0.05, 0) is 36.1 Å². The third kappa shape index (κ3) is 5.49. The fourth-order valence-electron chi connectivity index (χ4n) is 2.62. The molecule has 1 unspecified atom stereocenters. The second-order valence-electron chi connectivity index (χ2n) is 6.70. The standard InChI is InChI=1S/C21H27NO4/c1-14(2)20(21(23)24)22-12-17-9-10-18(19(11-17)25-4)26-13-16-7-5-15(3)6-8-16/h5-11,14,20,22H,12-13H2,1-4H3,(H,23,24). The van der Waals surface area contributed by atoms with Crippen molar-refractivity contribution in [1.82, 2.24) is 5.32 Å². The summed E-state index contributed by atoms with van der Waals surface area (Å²) in [7, 11) is 1.60. The van der Waals surface area contributed by atoms with Gasteiger partial charge in [-0.1, -0.05) is 49.7 Å². The zero-order valence-corrected chi connectivity index (χ0v) is 15.8. The van der Waals surface area contributed by atoms with E-state index in [1.54, 1.807) is 7.11 Å². The Labute approximate surface area is 155 Å². The van der Waals surface area contributed by atoms with E-state index in [0.29, 0.717) is 24.7 Å². The molecule has 0 aliphatic heterocycles. The van der Waals surface area contributed by atoms with Crippen LogP contribution in [0.3, 0.4) is 0 Å². The van der Waals surface area contributed by atoms with Gasteiger partial charge < -0.3 is 19.9 Å². The second-order valence-corrected chi connectivity index (χ2v) is 6.70. The number of hydrogen-bond donors (Lipinski definition) is 2. The van der Waals surface area contributed by atoms with Gasteiger partial charge in [0.2, 0.25) is 0 Å². The Balaban J connectivity index is 2.02. The molecule has 2 aromatic carbocycles. The zero-order chi connectivity index (χ0) is 19.1. The van der Waals surface area contributed by atoms with Gasteiger partial charge in [-0.2, -0.15) is 0 Å². The minimum atomic E-state index is -0.843. The highest BCUT2D eigenvalue weighted by Gasteiger charge is 2.20. The maximum atomic E-state index is 11.3. The number of benzene rings is 2. The first-order valence-corrected chi connectivity index (χ1v) is 8.72. The second kappa shape index (κ2) is 9.25. The quantitative estimate of drug-likeness (QED) is 0.715. The average molecular weight is 357 g/mol. The summed E-state index contributed by atoms with van der Waals surface area (Å²) in [4.78, 5) is 11.3. The molecule has 5 heteroatoms. The molecular formula is C21H27NO4. The Hall–Kier alpha value is -2.53. The first-order chi connectivity index (χ1) is 12.4. The van der Waals surface area contributed by atoms with Crippen molar-refractivity contribution in [2.75, 3.05) is 7.11 Å². The van der Waals surface area contributed by atoms with Crippen LogP contribution >= 0.6 is 0 Å². The third-order valence-corrected chi connectivity index (χ3v) is 4.20. The maximum absolute atomic E-state index is 11.3. The summed E-state index contributed by atoms with van der Waals surface area (Å²) < 4.78 is 11.3. The van der Waals surface area contributed by atoms with Gasteiger partial charge in [-0.15, -0.1) is 0 Å². The molecule has 0 amide bonds. The van der Waals surface area contributed by atoms with Gasteiger partial charge in [-0.3, -0.25) is 4.79 Å². The molecule has 0 radical (unpaired) electrons. The van der Waals surface area contributed by atoms with Crippen LogP contribution < -0.4 is 14.8 Å². The number of carbonyl (C=O) groups is 1. The summed E-state index contributed by atoms with van der Waals surface area (Å²) in [6.45, 7) is 6.73. The highest BCUT2D eigenvalue weighted by Crippen LogP contribution is 2.29. The van der Waals surface area contributed by atoms with Crippen LogP contribution in [0.15, 0.2) is 42.5 Å². The number of rotatable bonds is 9. The lowest BCUT2D eigenvalue weighted by Gasteiger charge is -2.18. The van der Waals surface area contributed by atoms with E-state index in [4.69, 9.17) is 9.47 Å². The van der Waals surface area contributed by atoms with E-state index in [-0.39, 0.29) is 5.92 Å². The predicted molar refractivity (Wildman–Crippen MR) is 102 cm³/mol. The number of methoxy groups -OCH3 is 1. The lowest BCUT2D eigenvalue weighted by atomic mass is 10.0. The molecule has 0 aliphatic rings. The largest absolute Gasteiger partial charge is 0.493 e. The number of nitrogens with one attached hydrogen (secondary N) is 1. The Morgan fingerprint density at radius 1 is 1.08 bits per heavy atom. The van der Waals surface area contributed by atoms with E-state index in [1.807, 2.05) is 44.2 Å². The molecule has 0 heterocycles. The number of aliphatic carboxylic acids is 1. The van der Waals surface area contributed by atoms with Gasteiger partial charge in [0, 0.05) is 6.54 Å². The average Bonchev–Trinajstić information content (AvgIpc) is 2.61. The van der Waals surface area contributed by atoms with Crippen LogP contribution in [0.4, 0.5) is 0 Å². The van der Waals surface area contributed by atoms with Gasteiger partial charge in [0.05, 0.1) is 7.11 Å². The van der Waals surface area contributed by atoms with E-state index < -0.39 is 12.0 Å². The summed E-state index contributed by atoms with van der Waals surface area (Å²) in [5.41, 5.74) is 3.24. The molecule has 2 rings (SSSR count). The minimum absolute atomic E-state index is 0.00603. The maximum Gasteiger partial charge on any atom is 0.320 e. The summed E-state index contributed by atoms with van der Waals surface area (Å²) in [6.07, 6.45) is 0. The monoisotopic (exact) mass is 357 g/mol. The summed E-state index contributed by atoms with van der Waals surface area (Å²) in [5, 5.41) is 12.3. The van der Waals surface area contributed by atoms with Gasteiger partial charge in [0.1, 0.15) is 12.6 Å². The Morgan fingerprint density at radius 2 is 1.73 bits per heavy atom. The van der Waals surface area contributed by atoms with Crippen molar-refractivity contribution in [3.63, 3.8) is 0 Å². The van der Waals surface area contributed by atoms with Crippen molar-refractivity contribution in [3.05, 3.63) is 59.2 Å². The van der Waals surface area contributed by atoms with Crippen LogP contribution in [0.1, 0.15) is 30.5 Å². The SMILES string of the molecule is COc1cc(CNC(C(=O)O)C(C)C)ccc1OCc1ccc(C)cc1. The lowest BCUT2D eigenvalue weighted by Crippen LogP contribution is -2.40. The van der Waals surface area contributed by atoms with Crippen molar-refractivity contribution in [1.29, 1.82) is 0 Å². The van der Waals surface area contributed by atoms with E-state index >= 15 is 0 Å². The molecular weight excluding hydrogens is 330 g/mol. The molecule has 0 spiro atoms. The smallest absolute Gasteiger partial charge is 0.320 e. The van der Waals surface area contributed by atoms with Crippen LogP contribution in [0.5, 0.6) is 11.5 Å². The Morgan fingerprint density at radius 3 is 2.31 bits per heavy atom. The van der Waals surface area contributed by atoms with Crippen LogP contribution in [0.25, 0.3) is 0 Å². The van der Waals surface area contributed by atoms with Crippen LogP contribution in [0.2, 0.25) is 0 Å². The number of ether oxygens (including phenoxy) is 2. The number of carboxylic acids is 1. The van der Waals surface area contributed by atoms with E-state index in [1.165, 1.54) is 5.56 Å². The van der Waals surface area contributed by atoms with Gasteiger partial charge in [0.15, 0.2) is 11.5 Å². The van der Waals surface area contributed by atoms with Crippen LogP contribution in [0, 0.1) is 12.8 Å². The first-order valence-electron chi connectivity index (χ1n) is 8.72. The highest BCUT2D eigenvalue weighted by molar-refractivity contribution is 5.73. The lowest BCUT2D eigenvalue weighted by molar-refractivity contribution is -0.140. The van der Waals surface area contributed by atoms with Crippen molar-refractivity contribution in [2.24, 2.45) is 5.92 Å². The molecule has 0 aromatic heterocycles. The molecule has 0 saturated carbocycles. The van der Waals surface area contributed by atoms with Crippen LogP contribution in [-0.4, -0.2) is 24.2 Å². The summed E-state index contributed by atoms with van der Waals surface area (Å²) >= 11 is 0. The van der Waals surface area contributed by atoms with Crippen LogP contribution in [-0.2, 0) is 17.9 Å². The fraction of sp³-hybridized carbons (Fsp3) is 0.381. The van der Waals surface area contributed by atoms with Gasteiger partial charge in [0.25, 0.3) is 0 Å². The zero-order valence-electron chi connectivity index (χ0n) is 15.8.